The molecule has 1 heterocycles. The highest BCUT2D eigenvalue weighted by Gasteiger charge is 2.37. The van der Waals surface area contributed by atoms with Crippen molar-refractivity contribution in [2.45, 2.75) is 50.5 Å². The van der Waals surface area contributed by atoms with E-state index in [4.69, 9.17) is 4.74 Å². The molecule has 0 spiro atoms. The van der Waals surface area contributed by atoms with Crippen LogP contribution < -0.4 is 0 Å². The van der Waals surface area contributed by atoms with Crippen molar-refractivity contribution in [2.75, 3.05) is 18.9 Å². The minimum atomic E-state index is -0.620. The van der Waals surface area contributed by atoms with Gasteiger partial charge in [0.2, 0.25) is 0 Å². The van der Waals surface area contributed by atoms with E-state index in [1.54, 1.807) is 32.9 Å². The Labute approximate surface area is 157 Å². The first kappa shape index (κ1) is 20.7. The fourth-order valence-electron chi connectivity index (χ4n) is 2.87. The number of rotatable bonds is 6. The summed E-state index contributed by atoms with van der Waals surface area (Å²) in [5.74, 6) is 0.0397. The summed E-state index contributed by atoms with van der Waals surface area (Å²) < 4.78 is 18.5. The fourth-order valence-corrected chi connectivity index (χ4v) is 4.04. The molecule has 7 heteroatoms. The Bertz CT molecular complexity index is 629. The molecule has 26 heavy (non-hydrogen) atoms. The maximum Gasteiger partial charge on any atom is 0.411 e. The maximum atomic E-state index is 13.1. The summed E-state index contributed by atoms with van der Waals surface area (Å²) in [6.45, 7) is 5.77. The van der Waals surface area contributed by atoms with Crippen LogP contribution in [0.3, 0.4) is 0 Å². The van der Waals surface area contributed by atoms with Gasteiger partial charge in [-0.15, -0.1) is 11.8 Å². The Morgan fingerprint density at radius 1 is 1.35 bits per heavy atom. The number of nitrogens with zero attached hydrogens (tertiary/aromatic N) is 1. The number of aliphatic hydroxyl groups is 1. The van der Waals surface area contributed by atoms with Crippen LogP contribution in [0, 0.1) is 5.82 Å². The van der Waals surface area contributed by atoms with E-state index in [-0.39, 0.29) is 30.5 Å². The van der Waals surface area contributed by atoms with Crippen molar-refractivity contribution in [2.24, 2.45) is 0 Å². The Balaban J connectivity index is 2.07. The number of amides is 1. The van der Waals surface area contributed by atoms with E-state index in [1.807, 2.05) is 0 Å². The summed E-state index contributed by atoms with van der Waals surface area (Å²) in [5.41, 5.74) is 0.187. The number of ether oxygens (including phenoxy) is 1. The number of thioether (sulfide) groups is 1. The van der Waals surface area contributed by atoms with Crippen LogP contribution in [0.25, 0.3) is 0 Å². The summed E-state index contributed by atoms with van der Waals surface area (Å²) in [6, 6.07) is 5.97. The topological polar surface area (TPSA) is 66.8 Å². The van der Waals surface area contributed by atoms with Crippen molar-refractivity contribution in [3.63, 3.8) is 0 Å². The molecule has 1 saturated heterocycles. The third-order valence-corrected chi connectivity index (χ3v) is 5.31. The van der Waals surface area contributed by atoms with Gasteiger partial charge in [-0.25, -0.2) is 9.18 Å². The van der Waals surface area contributed by atoms with Crippen molar-refractivity contribution in [1.29, 1.82) is 0 Å². The lowest BCUT2D eigenvalue weighted by molar-refractivity contribution is -0.121. The minimum absolute atomic E-state index is 0.0666. The van der Waals surface area contributed by atoms with Crippen LogP contribution in [0.1, 0.15) is 45.1 Å². The van der Waals surface area contributed by atoms with Crippen LogP contribution in [-0.4, -0.2) is 51.8 Å². The number of carbonyl (C=O) groups is 2. The lowest BCUT2D eigenvalue weighted by Crippen LogP contribution is -2.42. The zero-order valence-electron chi connectivity index (χ0n) is 15.4. The SMILES string of the molecule is CC(C)(C)OC(=O)N1CCS[C@H]1C(=O)C[C@@H](CCO)c1ccc(F)cc1. The van der Waals surface area contributed by atoms with E-state index < -0.39 is 17.1 Å². The van der Waals surface area contributed by atoms with Crippen molar-refractivity contribution >= 4 is 23.6 Å². The van der Waals surface area contributed by atoms with E-state index >= 15 is 0 Å². The van der Waals surface area contributed by atoms with Gasteiger partial charge in [0.1, 0.15) is 16.8 Å². The van der Waals surface area contributed by atoms with Crippen LogP contribution in [0.5, 0.6) is 0 Å². The Morgan fingerprint density at radius 2 is 2.00 bits per heavy atom. The Hall–Kier alpha value is -1.60. The number of halogens is 1. The molecule has 0 saturated carbocycles. The number of carbonyl (C=O) groups excluding carboxylic acids is 2. The molecule has 1 aliphatic rings. The van der Waals surface area contributed by atoms with Crippen molar-refractivity contribution in [3.05, 3.63) is 35.6 Å². The maximum absolute atomic E-state index is 13.1. The average molecular weight is 383 g/mol. The first-order valence-electron chi connectivity index (χ1n) is 8.71. The number of Topliss-reactive ketones (excluding diaryl/α,β-unsaturated/α-hetero) is 1. The van der Waals surface area contributed by atoms with Crippen molar-refractivity contribution in [3.8, 4) is 0 Å². The number of hydrogen-bond donors (Lipinski definition) is 1. The number of benzene rings is 1. The summed E-state index contributed by atoms with van der Waals surface area (Å²) in [6.07, 6.45) is 0.103. The molecule has 1 aliphatic heterocycles. The third kappa shape index (κ3) is 5.71. The second kappa shape index (κ2) is 8.86. The quantitative estimate of drug-likeness (QED) is 0.814. The second-order valence-corrected chi connectivity index (χ2v) is 8.52. The highest BCUT2D eigenvalue weighted by Crippen LogP contribution is 2.31. The average Bonchev–Trinajstić information content (AvgIpc) is 3.03. The van der Waals surface area contributed by atoms with Gasteiger partial charge in [0, 0.05) is 25.3 Å². The predicted molar refractivity (Wildman–Crippen MR) is 99.7 cm³/mol. The zero-order valence-corrected chi connectivity index (χ0v) is 16.2. The Morgan fingerprint density at radius 3 is 2.58 bits per heavy atom. The molecule has 0 unspecified atom stereocenters. The molecule has 2 rings (SSSR count). The van der Waals surface area contributed by atoms with Crippen LogP contribution in [0.15, 0.2) is 24.3 Å². The summed E-state index contributed by atoms with van der Waals surface area (Å²) >= 11 is 1.42. The number of ketones is 1. The molecule has 1 amide bonds. The smallest absolute Gasteiger partial charge is 0.411 e. The van der Waals surface area contributed by atoms with Gasteiger partial charge in [-0.3, -0.25) is 9.69 Å². The summed E-state index contributed by atoms with van der Waals surface area (Å²) in [5, 5.41) is 8.75. The second-order valence-electron chi connectivity index (χ2n) is 7.33. The zero-order chi connectivity index (χ0) is 19.3. The van der Waals surface area contributed by atoms with E-state index in [0.29, 0.717) is 18.7 Å². The van der Waals surface area contributed by atoms with Crippen molar-refractivity contribution in [1.82, 2.24) is 4.90 Å². The molecule has 2 atom stereocenters. The van der Waals surface area contributed by atoms with Crippen LogP contribution in [0.2, 0.25) is 0 Å². The predicted octanol–water partition coefficient (Wildman–Crippen LogP) is 3.56. The molecule has 0 radical (unpaired) electrons. The van der Waals surface area contributed by atoms with Crippen LogP contribution in [-0.2, 0) is 9.53 Å². The molecule has 1 aromatic rings. The largest absolute Gasteiger partial charge is 0.444 e. The highest BCUT2D eigenvalue weighted by atomic mass is 32.2. The highest BCUT2D eigenvalue weighted by molar-refractivity contribution is 8.00. The first-order chi connectivity index (χ1) is 12.2. The molecule has 1 fully saturated rings. The van der Waals surface area contributed by atoms with Gasteiger partial charge in [0.25, 0.3) is 0 Å². The number of hydrogen-bond acceptors (Lipinski definition) is 5. The summed E-state index contributed by atoms with van der Waals surface area (Å²) in [7, 11) is 0. The minimum Gasteiger partial charge on any atom is -0.444 e. The molecular weight excluding hydrogens is 357 g/mol. The molecule has 144 valence electrons. The number of aliphatic hydroxyl groups excluding tert-OH is 1. The van der Waals surface area contributed by atoms with Gasteiger partial charge in [0.15, 0.2) is 5.78 Å². The normalized spacial score (nSPS) is 18.7. The van der Waals surface area contributed by atoms with Gasteiger partial charge in [-0.2, -0.15) is 0 Å². The third-order valence-electron chi connectivity index (χ3n) is 4.06. The van der Waals surface area contributed by atoms with Gasteiger partial charge in [-0.05, 0) is 50.8 Å². The molecule has 1 aromatic carbocycles. The first-order valence-corrected chi connectivity index (χ1v) is 9.76. The molecule has 0 aromatic heterocycles. The van der Waals surface area contributed by atoms with Gasteiger partial charge in [-0.1, -0.05) is 12.1 Å². The van der Waals surface area contributed by atoms with Crippen molar-refractivity contribution < 1.29 is 23.8 Å². The lowest BCUT2D eigenvalue weighted by atomic mass is 9.91. The molecule has 0 bridgehead atoms. The standard InChI is InChI=1S/C19H26FNO4S/c1-19(2,3)25-18(24)21-9-11-26-17(21)16(23)12-14(8-10-22)13-4-6-15(20)7-5-13/h4-7,14,17,22H,8-12H2,1-3H3/t14-,17+/m1/s1. The van der Waals surface area contributed by atoms with E-state index in [0.717, 1.165) is 5.56 Å². The molecule has 1 N–H and O–H groups in total. The van der Waals surface area contributed by atoms with Gasteiger partial charge < -0.3 is 9.84 Å². The van der Waals surface area contributed by atoms with Gasteiger partial charge >= 0.3 is 6.09 Å². The Kier molecular flexibility index (Phi) is 7.06. The summed E-state index contributed by atoms with van der Waals surface area (Å²) in [4.78, 5) is 26.6. The van der Waals surface area contributed by atoms with E-state index in [2.05, 4.69) is 0 Å². The lowest BCUT2D eigenvalue weighted by Gasteiger charge is -2.28. The molecule has 5 nitrogen and oxygen atoms in total. The molecular formula is C19H26FNO4S. The van der Waals surface area contributed by atoms with Crippen LogP contribution in [0.4, 0.5) is 9.18 Å². The van der Waals surface area contributed by atoms with E-state index in [9.17, 15) is 19.1 Å². The molecule has 0 aliphatic carbocycles. The van der Waals surface area contributed by atoms with Crippen LogP contribution >= 0.6 is 11.8 Å². The van der Waals surface area contributed by atoms with E-state index in [1.165, 1.54) is 28.8 Å². The fraction of sp³-hybridized carbons (Fsp3) is 0.579. The monoisotopic (exact) mass is 383 g/mol. The van der Waals surface area contributed by atoms with Gasteiger partial charge in [0.05, 0.1) is 0 Å².